The lowest BCUT2D eigenvalue weighted by molar-refractivity contribution is 0.0918. The van der Waals surface area contributed by atoms with Crippen molar-refractivity contribution in [3.8, 4) is 17.2 Å². The van der Waals surface area contributed by atoms with Gasteiger partial charge >= 0.3 is 0 Å². The molecule has 0 bridgehead atoms. The van der Waals surface area contributed by atoms with Crippen LogP contribution in [-0.2, 0) is 0 Å². The second-order valence-corrected chi connectivity index (χ2v) is 4.85. The first-order valence-electron chi connectivity index (χ1n) is 7.04. The summed E-state index contributed by atoms with van der Waals surface area (Å²) >= 11 is 0. The van der Waals surface area contributed by atoms with E-state index in [2.05, 4.69) is 0 Å². The predicted octanol–water partition coefficient (Wildman–Crippen LogP) is 3.25. The molecule has 0 amide bonds. The van der Waals surface area contributed by atoms with Crippen LogP contribution in [0, 0.1) is 5.82 Å². The van der Waals surface area contributed by atoms with E-state index in [9.17, 15) is 9.18 Å². The Morgan fingerprint density at radius 3 is 2.68 bits per heavy atom. The fourth-order valence-electron chi connectivity index (χ4n) is 2.13. The van der Waals surface area contributed by atoms with Crippen molar-refractivity contribution < 1.29 is 23.4 Å². The van der Waals surface area contributed by atoms with E-state index in [0.29, 0.717) is 30.3 Å². The molecular weight excluding hydrogens is 287 g/mol. The summed E-state index contributed by atoms with van der Waals surface area (Å²) in [5.74, 6) is 0.497. The number of Topliss-reactive ketones (excluding diaryl/α,β-unsaturated/α-hetero) is 1. The highest BCUT2D eigenvalue weighted by Gasteiger charge is 2.15. The van der Waals surface area contributed by atoms with E-state index in [1.54, 1.807) is 30.3 Å². The number of ketones is 1. The molecule has 0 atom stereocenters. The number of hydrogen-bond acceptors (Lipinski definition) is 4. The van der Waals surface area contributed by atoms with Crippen LogP contribution in [0.15, 0.2) is 42.5 Å². The van der Waals surface area contributed by atoms with Crippen LogP contribution < -0.4 is 14.2 Å². The number of rotatable bonds is 4. The number of ether oxygens (including phenoxy) is 3. The van der Waals surface area contributed by atoms with Gasteiger partial charge in [-0.2, -0.15) is 0 Å². The summed E-state index contributed by atoms with van der Waals surface area (Å²) in [6.45, 7) is 0.910. The molecule has 4 nitrogen and oxygen atoms in total. The number of carbonyl (C=O) groups is 1. The lowest BCUT2D eigenvalue weighted by atomic mass is 10.1. The molecule has 1 aliphatic heterocycles. The van der Waals surface area contributed by atoms with E-state index in [1.807, 2.05) is 0 Å². The van der Waals surface area contributed by atoms with Crippen molar-refractivity contribution in [1.29, 1.82) is 0 Å². The molecule has 0 aromatic heterocycles. The van der Waals surface area contributed by atoms with E-state index in [-0.39, 0.29) is 18.1 Å². The van der Waals surface area contributed by atoms with Crippen molar-refractivity contribution >= 4 is 5.78 Å². The minimum Gasteiger partial charge on any atom is -0.490 e. The van der Waals surface area contributed by atoms with Crippen molar-refractivity contribution in [2.45, 2.75) is 6.42 Å². The highest BCUT2D eigenvalue weighted by molar-refractivity contribution is 5.97. The maximum Gasteiger partial charge on any atom is 0.200 e. The van der Waals surface area contributed by atoms with Gasteiger partial charge in [0.2, 0.25) is 0 Å². The van der Waals surface area contributed by atoms with Crippen molar-refractivity contribution in [2.75, 3.05) is 19.8 Å². The largest absolute Gasteiger partial charge is 0.490 e. The fraction of sp³-hybridized carbons (Fsp3) is 0.235. The van der Waals surface area contributed by atoms with E-state index in [0.717, 1.165) is 6.42 Å². The Balaban J connectivity index is 1.70. The van der Waals surface area contributed by atoms with Gasteiger partial charge in [-0.25, -0.2) is 4.39 Å². The molecular formula is C17H15FO4. The number of benzene rings is 2. The molecule has 22 heavy (non-hydrogen) atoms. The first kappa shape index (κ1) is 14.4. The van der Waals surface area contributed by atoms with E-state index < -0.39 is 5.82 Å². The summed E-state index contributed by atoms with van der Waals surface area (Å²) in [5, 5.41) is 0. The molecule has 0 radical (unpaired) electrons. The number of para-hydroxylation sites is 1. The Hall–Kier alpha value is -2.56. The summed E-state index contributed by atoms with van der Waals surface area (Å²) in [7, 11) is 0. The SMILES string of the molecule is O=C(COc1ccccc1F)c1ccc2c(c1)OCCCO2. The average Bonchev–Trinajstić information content (AvgIpc) is 2.78. The zero-order chi connectivity index (χ0) is 15.4. The van der Waals surface area contributed by atoms with Crippen LogP contribution in [0.2, 0.25) is 0 Å². The van der Waals surface area contributed by atoms with Gasteiger partial charge in [-0.3, -0.25) is 4.79 Å². The lowest BCUT2D eigenvalue weighted by Crippen LogP contribution is -2.12. The molecule has 0 saturated carbocycles. The van der Waals surface area contributed by atoms with Gasteiger partial charge in [0.25, 0.3) is 0 Å². The Bertz CT molecular complexity index is 684. The molecule has 0 aliphatic carbocycles. The average molecular weight is 302 g/mol. The Kier molecular flexibility index (Phi) is 4.23. The van der Waals surface area contributed by atoms with Gasteiger partial charge < -0.3 is 14.2 Å². The van der Waals surface area contributed by atoms with Crippen molar-refractivity contribution in [3.63, 3.8) is 0 Å². The Morgan fingerprint density at radius 2 is 1.86 bits per heavy atom. The van der Waals surface area contributed by atoms with E-state index in [1.165, 1.54) is 12.1 Å². The monoisotopic (exact) mass is 302 g/mol. The van der Waals surface area contributed by atoms with E-state index in [4.69, 9.17) is 14.2 Å². The number of carbonyl (C=O) groups excluding carboxylic acids is 1. The molecule has 2 aromatic carbocycles. The smallest absolute Gasteiger partial charge is 0.200 e. The van der Waals surface area contributed by atoms with Crippen LogP contribution in [-0.4, -0.2) is 25.6 Å². The Labute approximate surface area is 127 Å². The Morgan fingerprint density at radius 1 is 1.09 bits per heavy atom. The molecule has 3 rings (SSSR count). The molecule has 5 heteroatoms. The van der Waals surface area contributed by atoms with Crippen LogP contribution in [0.25, 0.3) is 0 Å². The molecule has 2 aromatic rings. The second-order valence-electron chi connectivity index (χ2n) is 4.85. The van der Waals surface area contributed by atoms with Gasteiger partial charge in [0.15, 0.2) is 35.5 Å². The van der Waals surface area contributed by atoms with Crippen LogP contribution in [0.3, 0.4) is 0 Å². The third kappa shape index (κ3) is 3.19. The summed E-state index contributed by atoms with van der Waals surface area (Å²) in [6.07, 6.45) is 0.800. The van der Waals surface area contributed by atoms with Gasteiger partial charge in [-0.05, 0) is 30.3 Å². The minimum absolute atomic E-state index is 0.0604. The molecule has 1 aliphatic rings. The predicted molar refractivity (Wildman–Crippen MR) is 78.3 cm³/mol. The summed E-state index contributed by atoms with van der Waals surface area (Å²) in [5.41, 5.74) is 0.445. The van der Waals surface area contributed by atoms with Crippen molar-refractivity contribution in [2.24, 2.45) is 0 Å². The number of halogens is 1. The van der Waals surface area contributed by atoms with Crippen molar-refractivity contribution in [1.82, 2.24) is 0 Å². The summed E-state index contributed by atoms with van der Waals surface area (Å²) < 4.78 is 29.7. The molecule has 0 unspecified atom stereocenters. The standard InChI is InChI=1S/C17H15FO4/c18-13-4-1-2-5-15(13)22-11-14(19)12-6-7-16-17(10-12)21-9-3-8-20-16/h1-2,4-7,10H,3,8-9,11H2. The lowest BCUT2D eigenvalue weighted by Gasteiger charge is -2.10. The molecule has 114 valence electrons. The van der Waals surface area contributed by atoms with Gasteiger partial charge in [-0.15, -0.1) is 0 Å². The maximum absolute atomic E-state index is 13.4. The fourth-order valence-corrected chi connectivity index (χ4v) is 2.13. The maximum atomic E-state index is 13.4. The van der Waals surface area contributed by atoms with Crippen molar-refractivity contribution in [3.05, 3.63) is 53.8 Å². The van der Waals surface area contributed by atoms with Gasteiger partial charge in [-0.1, -0.05) is 12.1 Å². The molecule has 0 saturated heterocycles. The quantitative estimate of drug-likeness (QED) is 0.813. The topological polar surface area (TPSA) is 44.8 Å². The highest BCUT2D eigenvalue weighted by atomic mass is 19.1. The van der Waals surface area contributed by atoms with E-state index >= 15 is 0 Å². The van der Waals surface area contributed by atoms with Crippen LogP contribution in [0.4, 0.5) is 4.39 Å². The van der Waals surface area contributed by atoms with Crippen LogP contribution in [0.1, 0.15) is 16.8 Å². The van der Waals surface area contributed by atoms with Crippen LogP contribution in [0.5, 0.6) is 17.2 Å². The minimum atomic E-state index is -0.492. The van der Waals surface area contributed by atoms with Crippen LogP contribution >= 0.6 is 0 Å². The third-order valence-electron chi connectivity index (χ3n) is 3.26. The molecule has 0 N–H and O–H groups in total. The molecule has 0 spiro atoms. The first-order chi connectivity index (χ1) is 10.7. The number of fused-ring (bicyclic) bond motifs is 1. The zero-order valence-corrected chi connectivity index (χ0v) is 11.9. The summed E-state index contributed by atoms with van der Waals surface area (Å²) in [6, 6.07) is 11.0. The number of hydrogen-bond donors (Lipinski definition) is 0. The van der Waals surface area contributed by atoms with Gasteiger partial charge in [0.05, 0.1) is 13.2 Å². The molecule has 0 fully saturated rings. The van der Waals surface area contributed by atoms with Gasteiger partial charge in [0, 0.05) is 12.0 Å². The normalized spacial score (nSPS) is 13.3. The zero-order valence-electron chi connectivity index (χ0n) is 11.9. The highest BCUT2D eigenvalue weighted by Crippen LogP contribution is 2.30. The summed E-state index contributed by atoms with van der Waals surface area (Å²) in [4.78, 5) is 12.2. The van der Waals surface area contributed by atoms with Gasteiger partial charge in [0.1, 0.15) is 0 Å². The first-order valence-corrected chi connectivity index (χ1v) is 7.04. The molecule has 1 heterocycles. The second kappa shape index (κ2) is 6.47. The third-order valence-corrected chi connectivity index (χ3v) is 3.26.